The molecule has 0 amide bonds. The lowest BCUT2D eigenvalue weighted by molar-refractivity contribution is 0.0520. The largest absolute Gasteiger partial charge is 0.461 e. The van der Waals surface area contributed by atoms with Gasteiger partial charge in [-0.1, -0.05) is 42.0 Å². The standard InChI is InChI=1S/C18H17NO4S/c1-3-23-18(20)17-16-7-5-4-6-14(16)12-19(17)24(21,22)15-10-8-13(2)9-11-15/h4-12H,3H2,1-2H3. The smallest absolute Gasteiger partial charge is 0.356 e. The maximum atomic E-state index is 13.0. The summed E-state index contributed by atoms with van der Waals surface area (Å²) in [6, 6.07) is 13.5. The van der Waals surface area contributed by atoms with Gasteiger partial charge in [0, 0.05) is 17.0 Å². The molecular weight excluding hydrogens is 326 g/mol. The number of aromatic nitrogens is 1. The molecule has 0 aliphatic heterocycles. The van der Waals surface area contributed by atoms with Gasteiger partial charge in [-0.25, -0.2) is 17.2 Å². The van der Waals surface area contributed by atoms with Gasteiger partial charge < -0.3 is 4.74 Å². The zero-order valence-corrected chi connectivity index (χ0v) is 14.2. The number of hydrogen-bond donors (Lipinski definition) is 0. The molecule has 0 fully saturated rings. The van der Waals surface area contributed by atoms with E-state index in [1.807, 2.05) is 6.92 Å². The molecule has 1 heterocycles. The van der Waals surface area contributed by atoms with Gasteiger partial charge in [-0.2, -0.15) is 0 Å². The Labute approximate surface area is 140 Å². The highest BCUT2D eigenvalue weighted by Gasteiger charge is 2.26. The van der Waals surface area contributed by atoms with Crippen molar-refractivity contribution < 1.29 is 17.9 Å². The Morgan fingerprint density at radius 2 is 1.75 bits per heavy atom. The zero-order chi connectivity index (χ0) is 17.3. The summed E-state index contributed by atoms with van der Waals surface area (Å²) in [5.74, 6) is -0.658. The molecule has 124 valence electrons. The number of carbonyl (C=O) groups is 1. The maximum Gasteiger partial charge on any atom is 0.356 e. The predicted molar refractivity (Wildman–Crippen MR) is 91.7 cm³/mol. The van der Waals surface area contributed by atoms with E-state index < -0.39 is 16.0 Å². The summed E-state index contributed by atoms with van der Waals surface area (Å²) in [6.45, 7) is 3.73. The molecule has 0 aliphatic rings. The quantitative estimate of drug-likeness (QED) is 0.681. The second kappa shape index (κ2) is 6.13. The monoisotopic (exact) mass is 343 g/mol. The number of nitrogens with zero attached hydrogens (tertiary/aromatic N) is 1. The lowest BCUT2D eigenvalue weighted by Gasteiger charge is -2.10. The van der Waals surface area contributed by atoms with Gasteiger partial charge in [0.2, 0.25) is 0 Å². The van der Waals surface area contributed by atoms with Gasteiger partial charge in [0.05, 0.1) is 11.5 Å². The highest BCUT2D eigenvalue weighted by Crippen LogP contribution is 2.26. The first-order valence-electron chi connectivity index (χ1n) is 7.54. The van der Waals surface area contributed by atoms with Crippen molar-refractivity contribution >= 4 is 26.8 Å². The van der Waals surface area contributed by atoms with E-state index in [1.165, 1.54) is 18.3 Å². The fourth-order valence-corrected chi connectivity index (χ4v) is 3.92. The van der Waals surface area contributed by atoms with E-state index in [9.17, 15) is 13.2 Å². The van der Waals surface area contributed by atoms with Gasteiger partial charge in [0.15, 0.2) is 0 Å². The Bertz CT molecular complexity index is 1000. The summed E-state index contributed by atoms with van der Waals surface area (Å²) in [5.41, 5.74) is 0.977. The van der Waals surface area contributed by atoms with Crippen LogP contribution in [0.25, 0.3) is 10.8 Å². The number of aryl methyl sites for hydroxylation is 1. The van der Waals surface area contributed by atoms with Crippen molar-refractivity contribution in [3.63, 3.8) is 0 Å². The van der Waals surface area contributed by atoms with Crippen LogP contribution in [0.3, 0.4) is 0 Å². The van der Waals surface area contributed by atoms with Crippen molar-refractivity contribution in [1.29, 1.82) is 0 Å². The lowest BCUT2D eigenvalue weighted by atomic mass is 10.2. The normalized spacial score (nSPS) is 11.6. The van der Waals surface area contributed by atoms with E-state index >= 15 is 0 Å². The highest BCUT2D eigenvalue weighted by molar-refractivity contribution is 7.90. The third-order valence-corrected chi connectivity index (χ3v) is 5.41. The molecule has 3 aromatic rings. The molecule has 2 aromatic carbocycles. The molecule has 0 radical (unpaired) electrons. The van der Waals surface area contributed by atoms with Crippen molar-refractivity contribution in [2.24, 2.45) is 0 Å². The van der Waals surface area contributed by atoms with Crippen LogP contribution in [0.15, 0.2) is 59.6 Å². The second-order valence-corrected chi connectivity index (χ2v) is 7.21. The van der Waals surface area contributed by atoms with Crippen molar-refractivity contribution in [3.8, 4) is 0 Å². The molecule has 6 heteroatoms. The van der Waals surface area contributed by atoms with E-state index in [-0.39, 0.29) is 17.2 Å². The fraction of sp³-hybridized carbons (Fsp3) is 0.167. The van der Waals surface area contributed by atoms with Gasteiger partial charge >= 0.3 is 5.97 Å². The fourth-order valence-electron chi connectivity index (χ4n) is 2.55. The van der Waals surface area contributed by atoms with Gasteiger partial charge in [0.1, 0.15) is 5.69 Å². The van der Waals surface area contributed by atoms with E-state index in [2.05, 4.69) is 0 Å². The van der Waals surface area contributed by atoms with Crippen LogP contribution in [0, 0.1) is 6.92 Å². The van der Waals surface area contributed by atoms with Crippen molar-refractivity contribution in [2.75, 3.05) is 6.61 Å². The molecule has 5 nitrogen and oxygen atoms in total. The van der Waals surface area contributed by atoms with Crippen LogP contribution in [0.2, 0.25) is 0 Å². The Kier molecular flexibility index (Phi) is 4.15. The van der Waals surface area contributed by atoms with Crippen LogP contribution in [0.5, 0.6) is 0 Å². The number of rotatable bonds is 4. The summed E-state index contributed by atoms with van der Waals surface area (Å²) < 4.78 is 32.1. The minimum Gasteiger partial charge on any atom is -0.461 e. The van der Waals surface area contributed by atoms with E-state index in [0.29, 0.717) is 10.8 Å². The lowest BCUT2D eigenvalue weighted by Crippen LogP contribution is -2.19. The number of benzene rings is 2. The Morgan fingerprint density at radius 3 is 2.42 bits per heavy atom. The molecule has 0 N–H and O–H groups in total. The number of carbonyl (C=O) groups excluding carboxylic acids is 1. The molecule has 1 aromatic heterocycles. The summed E-state index contributed by atoms with van der Waals surface area (Å²) >= 11 is 0. The first kappa shape index (κ1) is 16.3. The van der Waals surface area contributed by atoms with Gasteiger partial charge in [-0.3, -0.25) is 0 Å². The molecule has 24 heavy (non-hydrogen) atoms. The highest BCUT2D eigenvalue weighted by atomic mass is 32.2. The molecule has 0 saturated carbocycles. The molecule has 3 rings (SSSR count). The van der Waals surface area contributed by atoms with Crippen LogP contribution < -0.4 is 0 Å². The predicted octanol–water partition coefficient (Wildman–Crippen LogP) is 3.36. The summed E-state index contributed by atoms with van der Waals surface area (Å²) in [6.07, 6.45) is 1.46. The molecule has 0 unspecified atom stereocenters. The summed E-state index contributed by atoms with van der Waals surface area (Å²) in [4.78, 5) is 12.5. The minimum absolute atomic E-state index is 0.0213. The van der Waals surface area contributed by atoms with Gasteiger partial charge in [-0.15, -0.1) is 0 Å². The number of ether oxygens (including phenoxy) is 1. The molecule has 0 aliphatic carbocycles. The van der Waals surface area contributed by atoms with Crippen LogP contribution in [0.1, 0.15) is 23.0 Å². The molecular formula is C18H17NO4S. The van der Waals surface area contributed by atoms with Crippen LogP contribution >= 0.6 is 0 Å². The van der Waals surface area contributed by atoms with Crippen LogP contribution in [-0.2, 0) is 14.8 Å². The molecule has 0 spiro atoms. The first-order chi connectivity index (χ1) is 11.4. The maximum absolute atomic E-state index is 13.0. The van der Waals surface area contributed by atoms with Gasteiger partial charge in [0.25, 0.3) is 10.0 Å². The Morgan fingerprint density at radius 1 is 1.08 bits per heavy atom. The van der Waals surface area contributed by atoms with E-state index in [1.54, 1.807) is 43.3 Å². The van der Waals surface area contributed by atoms with E-state index in [0.717, 1.165) is 9.54 Å². The third kappa shape index (κ3) is 2.69. The van der Waals surface area contributed by atoms with Crippen molar-refractivity contribution in [1.82, 2.24) is 3.97 Å². The molecule has 0 saturated heterocycles. The average Bonchev–Trinajstić information content (AvgIpc) is 2.96. The van der Waals surface area contributed by atoms with Crippen molar-refractivity contribution in [2.45, 2.75) is 18.7 Å². The summed E-state index contributed by atoms with van der Waals surface area (Å²) in [7, 11) is -3.90. The minimum atomic E-state index is -3.90. The van der Waals surface area contributed by atoms with Gasteiger partial charge in [-0.05, 0) is 26.0 Å². The molecule has 0 bridgehead atoms. The number of fused-ring (bicyclic) bond motifs is 1. The summed E-state index contributed by atoms with van der Waals surface area (Å²) in [5, 5.41) is 1.21. The SMILES string of the molecule is CCOC(=O)c1c2ccccc2cn1S(=O)(=O)c1ccc(C)cc1. The third-order valence-electron chi connectivity index (χ3n) is 3.74. The average molecular weight is 343 g/mol. The Hall–Kier alpha value is -2.60. The van der Waals surface area contributed by atoms with Crippen LogP contribution in [-0.4, -0.2) is 25.0 Å². The number of hydrogen-bond acceptors (Lipinski definition) is 4. The van der Waals surface area contributed by atoms with Crippen molar-refractivity contribution in [3.05, 3.63) is 66.0 Å². The topological polar surface area (TPSA) is 65.4 Å². The zero-order valence-electron chi connectivity index (χ0n) is 13.4. The van der Waals surface area contributed by atoms with E-state index in [4.69, 9.17) is 4.74 Å². The first-order valence-corrected chi connectivity index (χ1v) is 8.98. The van der Waals surface area contributed by atoms with Crippen LogP contribution in [0.4, 0.5) is 0 Å². The molecule has 0 atom stereocenters. The number of esters is 1. The second-order valence-electron chi connectivity index (χ2n) is 5.40. The Balaban J connectivity index is 2.27.